The van der Waals surface area contributed by atoms with Crippen molar-refractivity contribution in [3.05, 3.63) is 17.8 Å². The Hall–Kier alpha value is -1.86. The zero-order valence-electron chi connectivity index (χ0n) is 16.3. The topological polar surface area (TPSA) is 86.9 Å². The van der Waals surface area contributed by atoms with Gasteiger partial charge in [-0.2, -0.15) is 0 Å². The molecule has 0 unspecified atom stereocenters. The Bertz CT molecular complexity index is 606. The quantitative estimate of drug-likeness (QED) is 0.640. The van der Waals surface area contributed by atoms with Crippen LogP contribution in [0.4, 0.5) is 5.82 Å². The number of anilines is 1. The van der Waals surface area contributed by atoms with Crippen molar-refractivity contribution in [3.8, 4) is 5.75 Å². The van der Waals surface area contributed by atoms with Crippen molar-refractivity contribution in [1.82, 2.24) is 4.98 Å². The molecule has 0 saturated carbocycles. The van der Waals surface area contributed by atoms with E-state index in [1.165, 1.54) is 0 Å². The van der Waals surface area contributed by atoms with E-state index in [0.29, 0.717) is 56.1 Å². The average Bonchev–Trinajstić information content (AvgIpc) is 2.85. The Kier molecular flexibility index (Phi) is 7.23. The number of carbonyl (C=O) groups is 1. The zero-order chi connectivity index (χ0) is 19.2. The molecule has 7 heteroatoms. The first-order chi connectivity index (χ1) is 12.4. The van der Waals surface area contributed by atoms with Gasteiger partial charge in [-0.05, 0) is 39.2 Å². The number of ether oxygens (including phenoxy) is 3. The molecular weight excluding hydrogens is 334 g/mol. The van der Waals surface area contributed by atoms with Crippen molar-refractivity contribution in [3.63, 3.8) is 0 Å². The van der Waals surface area contributed by atoms with Crippen LogP contribution in [-0.2, 0) is 9.47 Å². The van der Waals surface area contributed by atoms with Crippen molar-refractivity contribution in [2.24, 2.45) is 11.7 Å². The highest BCUT2D eigenvalue weighted by Gasteiger charge is 2.39. The van der Waals surface area contributed by atoms with Crippen LogP contribution in [0.15, 0.2) is 12.3 Å². The Morgan fingerprint density at radius 1 is 1.31 bits per heavy atom. The fraction of sp³-hybridized carbons (Fsp3) is 0.684. The standard InChI is InChI=1S/C19H31N3O4/c1-5-24-8-9-25-10-11-26-15-6-7-21-18(16(15)17(20)23)22-13-14(2)12-19(22,3)4/h6-7,14H,5,8-13H2,1-4H3,(H2,20,23)/t14-/m0/s1. The number of hydrogen-bond acceptors (Lipinski definition) is 6. The second kappa shape index (κ2) is 9.19. The summed E-state index contributed by atoms with van der Waals surface area (Å²) < 4.78 is 16.4. The third-order valence-corrected chi connectivity index (χ3v) is 4.53. The predicted octanol–water partition coefficient (Wildman–Crippen LogP) is 2.24. The van der Waals surface area contributed by atoms with E-state index in [0.717, 1.165) is 13.0 Å². The number of nitrogens with two attached hydrogens (primary N) is 1. The first kappa shape index (κ1) is 20.5. The number of primary amides is 1. The molecule has 1 amide bonds. The van der Waals surface area contributed by atoms with E-state index in [-0.39, 0.29) is 5.54 Å². The predicted molar refractivity (Wildman–Crippen MR) is 101 cm³/mol. The molecule has 1 fully saturated rings. The van der Waals surface area contributed by atoms with Gasteiger partial charge in [-0.1, -0.05) is 6.92 Å². The lowest BCUT2D eigenvalue weighted by Crippen LogP contribution is -2.40. The number of nitrogens with zero attached hydrogens (tertiary/aromatic N) is 2. The molecule has 1 atom stereocenters. The van der Waals surface area contributed by atoms with E-state index in [1.807, 2.05) is 6.92 Å². The number of pyridine rings is 1. The molecule has 146 valence electrons. The summed E-state index contributed by atoms with van der Waals surface area (Å²) in [4.78, 5) is 18.7. The van der Waals surface area contributed by atoms with E-state index in [9.17, 15) is 4.79 Å². The SMILES string of the molecule is CCOCCOCCOc1ccnc(N2C[C@@H](C)CC2(C)C)c1C(N)=O. The fourth-order valence-corrected chi connectivity index (χ4v) is 3.52. The molecule has 2 N–H and O–H groups in total. The monoisotopic (exact) mass is 365 g/mol. The minimum atomic E-state index is -0.532. The molecule has 26 heavy (non-hydrogen) atoms. The lowest BCUT2D eigenvalue weighted by atomic mass is 9.97. The number of rotatable bonds is 10. The number of carbonyl (C=O) groups excluding carboxylic acids is 1. The van der Waals surface area contributed by atoms with E-state index in [1.54, 1.807) is 12.3 Å². The van der Waals surface area contributed by atoms with Crippen LogP contribution in [0.1, 0.15) is 44.5 Å². The lowest BCUT2D eigenvalue weighted by Gasteiger charge is -2.33. The van der Waals surface area contributed by atoms with Gasteiger partial charge in [0.05, 0.1) is 19.8 Å². The smallest absolute Gasteiger partial charge is 0.256 e. The van der Waals surface area contributed by atoms with Gasteiger partial charge >= 0.3 is 0 Å². The highest BCUT2D eigenvalue weighted by molar-refractivity contribution is 6.00. The number of amides is 1. The van der Waals surface area contributed by atoms with E-state index < -0.39 is 5.91 Å². The third-order valence-electron chi connectivity index (χ3n) is 4.53. The maximum atomic E-state index is 12.1. The summed E-state index contributed by atoms with van der Waals surface area (Å²) in [6.07, 6.45) is 2.69. The molecule has 0 bridgehead atoms. The van der Waals surface area contributed by atoms with Gasteiger partial charge in [-0.15, -0.1) is 0 Å². The Labute approximate surface area is 155 Å². The first-order valence-corrected chi connectivity index (χ1v) is 9.21. The van der Waals surface area contributed by atoms with Gasteiger partial charge in [0, 0.05) is 24.9 Å². The molecule has 0 radical (unpaired) electrons. The van der Waals surface area contributed by atoms with Gasteiger partial charge in [-0.25, -0.2) is 4.98 Å². The molecule has 7 nitrogen and oxygen atoms in total. The largest absolute Gasteiger partial charge is 0.490 e. The molecule has 2 rings (SSSR count). The Balaban J connectivity index is 2.07. The van der Waals surface area contributed by atoms with Crippen molar-refractivity contribution in [2.75, 3.05) is 44.5 Å². The van der Waals surface area contributed by atoms with Gasteiger partial charge in [0.2, 0.25) is 0 Å². The van der Waals surface area contributed by atoms with Gasteiger partial charge in [0.15, 0.2) is 0 Å². The van der Waals surface area contributed by atoms with Crippen LogP contribution in [-0.4, -0.2) is 56.0 Å². The third kappa shape index (κ3) is 5.08. The Morgan fingerprint density at radius 2 is 2.00 bits per heavy atom. The van der Waals surface area contributed by atoms with E-state index in [4.69, 9.17) is 19.9 Å². The maximum Gasteiger partial charge on any atom is 0.256 e. The second-order valence-corrected chi connectivity index (χ2v) is 7.26. The molecule has 1 aromatic heterocycles. The normalized spacial score (nSPS) is 18.9. The summed E-state index contributed by atoms with van der Waals surface area (Å²) in [5, 5.41) is 0. The lowest BCUT2D eigenvalue weighted by molar-refractivity contribution is 0.0403. The maximum absolute atomic E-state index is 12.1. The van der Waals surface area contributed by atoms with E-state index in [2.05, 4.69) is 30.7 Å². The van der Waals surface area contributed by atoms with Crippen LogP contribution in [0.2, 0.25) is 0 Å². The van der Waals surface area contributed by atoms with Gasteiger partial charge in [0.1, 0.15) is 23.7 Å². The molecule has 0 aliphatic carbocycles. The first-order valence-electron chi connectivity index (χ1n) is 9.21. The van der Waals surface area contributed by atoms with E-state index >= 15 is 0 Å². The van der Waals surface area contributed by atoms with Gasteiger partial charge in [-0.3, -0.25) is 4.79 Å². The summed E-state index contributed by atoms with van der Waals surface area (Å²) in [5.74, 6) is 1.04. The van der Waals surface area contributed by atoms with Crippen LogP contribution in [0.25, 0.3) is 0 Å². The van der Waals surface area contributed by atoms with Crippen molar-refractivity contribution >= 4 is 11.7 Å². The van der Waals surface area contributed by atoms with Crippen LogP contribution < -0.4 is 15.4 Å². The minimum absolute atomic E-state index is 0.0857. The molecule has 1 aliphatic rings. The number of aromatic nitrogens is 1. The summed E-state index contributed by atoms with van der Waals surface area (Å²) in [6.45, 7) is 11.8. The van der Waals surface area contributed by atoms with Crippen molar-refractivity contribution in [1.29, 1.82) is 0 Å². The molecule has 1 aromatic rings. The molecule has 1 saturated heterocycles. The second-order valence-electron chi connectivity index (χ2n) is 7.26. The Morgan fingerprint density at radius 3 is 2.62 bits per heavy atom. The molecule has 1 aliphatic heterocycles. The molecular formula is C19H31N3O4. The van der Waals surface area contributed by atoms with Gasteiger partial charge in [0.25, 0.3) is 5.91 Å². The summed E-state index contributed by atoms with van der Waals surface area (Å²) in [6, 6.07) is 1.68. The molecule has 0 spiro atoms. The summed E-state index contributed by atoms with van der Waals surface area (Å²) >= 11 is 0. The van der Waals surface area contributed by atoms with Crippen LogP contribution >= 0.6 is 0 Å². The van der Waals surface area contributed by atoms with Crippen molar-refractivity contribution in [2.45, 2.75) is 39.7 Å². The highest BCUT2D eigenvalue weighted by atomic mass is 16.5. The average molecular weight is 365 g/mol. The fourth-order valence-electron chi connectivity index (χ4n) is 3.52. The van der Waals surface area contributed by atoms with Crippen LogP contribution in [0, 0.1) is 5.92 Å². The molecule has 0 aromatic carbocycles. The summed E-state index contributed by atoms with van der Waals surface area (Å²) in [7, 11) is 0. The highest BCUT2D eigenvalue weighted by Crippen LogP contribution is 2.39. The zero-order valence-corrected chi connectivity index (χ0v) is 16.3. The van der Waals surface area contributed by atoms with Crippen LogP contribution in [0.3, 0.4) is 0 Å². The van der Waals surface area contributed by atoms with Crippen molar-refractivity contribution < 1.29 is 19.0 Å². The van der Waals surface area contributed by atoms with Gasteiger partial charge < -0.3 is 24.8 Å². The molecule has 2 heterocycles. The number of hydrogen-bond donors (Lipinski definition) is 1. The van der Waals surface area contributed by atoms with Crippen LogP contribution in [0.5, 0.6) is 5.75 Å². The minimum Gasteiger partial charge on any atom is -0.490 e. The summed E-state index contributed by atoms with van der Waals surface area (Å²) in [5.41, 5.74) is 5.91.